The summed E-state index contributed by atoms with van der Waals surface area (Å²) in [5.74, 6) is 0.928. The molecular formula is C19H24N2O6S. The van der Waals surface area contributed by atoms with Crippen LogP contribution in [0.5, 0.6) is 17.2 Å². The van der Waals surface area contributed by atoms with Crippen molar-refractivity contribution in [2.24, 2.45) is 0 Å². The number of methoxy groups -OCH3 is 2. The van der Waals surface area contributed by atoms with Crippen LogP contribution < -0.4 is 19.5 Å². The van der Waals surface area contributed by atoms with Crippen LogP contribution in [0.1, 0.15) is 6.92 Å². The van der Waals surface area contributed by atoms with Crippen LogP contribution in [0.25, 0.3) is 0 Å². The topological polar surface area (TPSA) is 94.2 Å². The zero-order chi connectivity index (χ0) is 20.7. The van der Waals surface area contributed by atoms with Gasteiger partial charge in [-0.1, -0.05) is 0 Å². The average molecular weight is 408 g/mol. The molecule has 8 nitrogen and oxygen atoms in total. The van der Waals surface area contributed by atoms with Gasteiger partial charge >= 0.3 is 0 Å². The lowest BCUT2D eigenvalue weighted by Crippen LogP contribution is -2.35. The summed E-state index contributed by atoms with van der Waals surface area (Å²) in [4.78, 5) is 12.2. The lowest BCUT2D eigenvalue weighted by atomic mass is 10.3. The molecule has 0 fully saturated rings. The van der Waals surface area contributed by atoms with Gasteiger partial charge in [-0.25, -0.2) is 8.42 Å². The number of amides is 1. The van der Waals surface area contributed by atoms with E-state index in [4.69, 9.17) is 14.2 Å². The minimum atomic E-state index is -3.88. The smallest absolute Gasteiger partial charge is 0.243 e. The molecule has 2 aromatic carbocycles. The van der Waals surface area contributed by atoms with Gasteiger partial charge < -0.3 is 19.5 Å². The van der Waals surface area contributed by atoms with Crippen LogP contribution in [0, 0.1) is 0 Å². The summed E-state index contributed by atoms with van der Waals surface area (Å²) in [6.45, 7) is 2.08. The summed E-state index contributed by atoms with van der Waals surface area (Å²) >= 11 is 0. The van der Waals surface area contributed by atoms with E-state index in [0.29, 0.717) is 23.8 Å². The number of rotatable bonds is 9. The van der Waals surface area contributed by atoms with E-state index in [1.165, 1.54) is 39.5 Å². The van der Waals surface area contributed by atoms with Crippen molar-refractivity contribution in [1.82, 2.24) is 4.31 Å². The van der Waals surface area contributed by atoms with E-state index >= 15 is 0 Å². The van der Waals surface area contributed by atoms with E-state index in [1.807, 2.05) is 6.92 Å². The number of hydrogen-bond donors (Lipinski definition) is 1. The maximum atomic E-state index is 12.7. The molecule has 152 valence electrons. The molecule has 0 unspecified atom stereocenters. The number of carbonyl (C=O) groups excluding carboxylic acids is 1. The Hall–Kier alpha value is -2.78. The second-order valence-corrected chi connectivity index (χ2v) is 7.83. The predicted molar refractivity (Wildman–Crippen MR) is 106 cm³/mol. The van der Waals surface area contributed by atoms with Crippen molar-refractivity contribution >= 4 is 21.6 Å². The Morgan fingerprint density at radius 3 is 2.25 bits per heavy atom. The third-order valence-corrected chi connectivity index (χ3v) is 5.68. The molecule has 1 N–H and O–H groups in total. The molecule has 0 aliphatic heterocycles. The van der Waals surface area contributed by atoms with Crippen LogP contribution in [-0.2, 0) is 14.8 Å². The number of benzene rings is 2. The number of hydrogen-bond acceptors (Lipinski definition) is 6. The van der Waals surface area contributed by atoms with Crippen LogP contribution in [-0.4, -0.2) is 53.0 Å². The molecule has 28 heavy (non-hydrogen) atoms. The molecule has 0 radical (unpaired) electrons. The van der Waals surface area contributed by atoms with Gasteiger partial charge in [0.1, 0.15) is 5.75 Å². The van der Waals surface area contributed by atoms with Crippen molar-refractivity contribution in [3.05, 3.63) is 42.5 Å². The van der Waals surface area contributed by atoms with Gasteiger partial charge in [0.2, 0.25) is 15.9 Å². The van der Waals surface area contributed by atoms with E-state index in [0.717, 1.165) is 4.31 Å². The first-order valence-corrected chi connectivity index (χ1v) is 9.97. The Morgan fingerprint density at radius 2 is 1.68 bits per heavy atom. The van der Waals surface area contributed by atoms with Crippen LogP contribution >= 0.6 is 0 Å². The second-order valence-electron chi connectivity index (χ2n) is 5.78. The molecule has 0 saturated heterocycles. The zero-order valence-electron chi connectivity index (χ0n) is 16.3. The normalized spacial score (nSPS) is 11.2. The number of likely N-dealkylation sites (N-methyl/N-ethyl adjacent to an activating group) is 1. The molecule has 0 heterocycles. The van der Waals surface area contributed by atoms with Crippen LogP contribution in [0.15, 0.2) is 47.4 Å². The highest BCUT2D eigenvalue weighted by Crippen LogP contribution is 2.30. The molecule has 0 saturated carbocycles. The van der Waals surface area contributed by atoms with Crippen molar-refractivity contribution in [3.63, 3.8) is 0 Å². The molecule has 0 atom stereocenters. The molecule has 0 aliphatic rings. The summed E-state index contributed by atoms with van der Waals surface area (Å²) in [5.41, 5.74) is 0.547. The number of ether oxygens (including phenoxy) is 3. The van der Waals surface area contributed by atoms with Crippen LogP contribution in [0.2, 0.25) is 0 Å². The molecule has 0 aliphatic carbocycles. The van der Waals surface area contributed by atoms with Crippen LogP contribution in [0.3, 0.4) is 0 Å². The van der Waals surface area contributed by atoms with Gasteiger partial charge in [0.25, 0.3) is 0 Å². The Bertz CT molecular complexity index is 913. The predicted octanol–water partition coefficient (Wildman–Crippen LogP) is 2.36. The van der Waals surface area contributed by atoms with E-state index < -0.39 is 15.9 Å². The van der Waals surface area contributed by atoms with Crippen molar-refractivity contribution in [1.29, 1.82) is 0 Å². The fraction of sp³-hybridized carbons (Fsp3) is 0.316. The lowest BCUT2D eigenvalue weighted by molar-refractivity contribution is -0.116. The fourth-order valence-corrected chi connectivity index (χ4v) is 3.59. The number of anilines is 1. The Balaban J connectivity index is 2.07. The second kappa shape index (κ2) is 9.43. The summed E-state index contributed by atoms with van der Waals surface area (Å²) in [6, 6.07) is 11.1. The van der Waals surface area contributed by atoms with Crippen molar-refractivity contribution in [3.8, 4) is 17.2 Å². The summed E-state index contributed by atoms with van der Waals surface area (Å²) < 4.78 is 42.0. The van der Waals surface area contributed by atoms with Gasteiger partial charge in [-0.15, -0.1) is 0 Å². The van der Waals surface area contributed by atoms with Gasteiger partial charge in [0, 0.05) is 18.8 Å². The SMILES string of the molecule is CCOc1ccc(NC(=O)CN(C)S(=O)(=O)c2ccc(OC)c(OC)c2)cc1. The van der Waals surface area contributed by atoms with Gasteiger partial charge in [0.05, 0.1) is 32.3 Å². The quantitative estimate of drug-likeness (QED) is 0.685. The Kier molecular flexibility index (Phi) is 7.24. The number of nitrogens with one attached hydrogen (secondary N) is 1. The monoisotopic (exact) mass is 408 g/mol. The molecule has 1 amide bonds. The van der Waals surface area contributed by atoms with E-state index in [2.05, 4.69) is 5.32 Å². The van der Waals surface area contributed by atoms with Gasteiger partial charge in [0.15, 0.2) is 11.5 Å². The van der Waals surface area contributed by atoms with Crippen molar-refractivity contribution in [2.45, 2.75) is 11.8 Å². The van der Waals surface area contributed by atoms with Gasteiger partial charge in [-0.05, 0) is 43.3 Å². The fourth-order valence-electron chi connectivity index (χ4n) is 2.45. The zero-order valence-corrected chi connectivity index (χ0v) is 17.1. The lowest BCUT2D eigenvalue weighted by Gasteiger charge is -2.18. The highest BCUT2D eigenvalue weighted by atomic mass is 32.2. The summed E-state index contributed by atoms with van der Waals surface area (Å²) in [6.07, 6.45) is 0. The molecule has 0 bridgehead atoms. The Labute approximate surface area is 165 Å². The third-order valence-electron chi connectivity index (χ3n) is 3.88. The highest BCUT2D eigenvalue weighted by molar-refractivity contribution is 7.89. The molecule has 2 rings (SSSR count). The number of carbonyl (C=O) groups is 1. The van der Waals surface area contributed by atoms with E-state index in [-0.39, 0.29) is 17.2 Å². The first kappa shape index (κ1) is 21.5. The summed E-state index contributed by atoms with van der Waals surface area (Å²) in [7, 11) is 0.337. The standard InChI is InChI=1S/C19H24N2O6S/c1-5-27-15-8-6-14(7-9-15)20-19(22)13-21(2)28(23,24)16-10-11-17(25-3)18(12-16)26-4/h6-12H,5,13H2,1-4H3,(H,20,22). The maximum Gasteiger partial charge on any atom is 0.243 e. The first-order chi connectivity index (χ1) is 13.3. The van der Waals surface area contributed by atoms with Gasteiger partial charge in [-0.3, -0.25) is 4.79 Å². The highest BCUT2D eigenvalue weighted by Gasteiger charge is 2.24. The van der Waals surface area contributed by atoms with Crippen LogP contribution in [0.4, 0.5) is 5.69 Å². The third kappa shape index (κ3) is 5.14. The number of sulfonamides is 1. The minimum absolute atomic E-state index is 0.00140. The Morgan fingerprint density at radius 1 is 1.04 bits per heavy atom. The maximum absolute atomic E-state index is 12.7. The van der Waals surface area contributed by atoms with Crippen molar-refractivity contribution in [2.75, 3.05) is 39.7 Å². The molecule has 2 aromatic rings. The van der Waals surface area contributed by atoms with E-state index in [1.54, 1.807) is 24.3 Å². The van der Waals surface area contributed by atoms with Gasteiger partial charge in [-0.2, -0.15) is 4.31 Å². The number of nitrogens with zero attached hydrogens (tertiary/aromatic N) is 1. The summed E-state index contributed by atoms with van der Waals surface area (Å²) in [5, 5.41) is 2.66. The average Bonchev–Trinajstić information content (AvgIpc) is 2.68. The first-order valence-electron chi connectivity index (χ1n) is 8.53. The minimum Gasteiger partial charge on any atom is -0.494 e. The van der Waals surface area contributed by atoms with E-state index in [9.17, 15) is 13.2 Å². The molecular weight excluding hydrogens is 384 g/mol. The largest absolute Gasteiger partial charge is 0.494 e. The molecule has 9 heteroatoms. The molecule has 0 aromatic heterocycles. The molecule has 0 spiro atoms. The van der Waals surface area contributed by atoms with Crippen molar-refractivity contribution < 1.29 is 27.4 Å².